The summed E-state index contributed by atoms with van der Waals surface area (Å²) in [5, 5.41) is 0. The first-order valence-electron chi connectivity index (χ1n) is 7.66. The van der Waals surface area contributed by atoms with E-state index in [9.17, 15) is 9.18 Å². The topological polar surface area (TPSA) is 36.2 Å². The van der Waals surface area contributed by atoms with E-state index in [1.165, 1.54) is 13.2 Å². The Morgan fingerprint density at radius 1 is 1.04 bits per heavy atom. The van der Waals surface area contributed by atoms with Crippen molar-refractivity contribution in [2.75, 3.05) is 7.11 Å². The highest BCUT2D eigenvalue weighted by atomic mass is 19.1. The minimum absolute atomic E-state index is 0.101. The van der Waals surface area contributed by atoms with Gasteiger partial charge in [0.1, 0.15) is 0 Å². The van der Waals surface area contributed by atoms with E-state index in [1.807, 2.05) is 41.5 Å². The van der Waals surface area contributed by atoms with Gasteiger partial charge in [0.25, 0.3) is 0 Å². The molecule has 2 rings (SSSR count). The summed E-state index contributed by atoms with van der Waals surface area (Å²) >= 11 is 0. The Kier molecular flexibility index (Phi) is 4.18. The van der Waals surface area contributed by atoms with Gasteiger partial charge >= 0.3 is 5.69 Å². The van der Waals surface area contributed by atoms with Gasteiger partial charge in [-0.2, -0.15) is 0 Å². The molecule has 0 spiro atoms. The first-order valence-corrected chi connectivity index (χ1v) is 7.66. The Labute approximate surface area is 136 Å². The number of rotatable bonds is 2. The molecular weight excluding hydrogens is 295 g/mol. The van der Waals surface area contributed by atoms with Crippen LogP contribution in [0.1, 0.15) is 41.5 Å². The highest BCUT2D eigenvalue weighted by Gasteiger charge is 2.27. The van der Waals surface area contributed by atoms with Crippen LogP contribution in [0.15, 0.2) is 29.2 Å². The van der Waals surface area contributed by atoms with E-state index in [1.54, 1.807) is 27.5 Å². The Hall–Kier alpha value is -2.04. The molecule has 0 radical (unpaired) electrons. The number of benzene rings is 1. The molecule has 1 aromatic carbocycles. The molecule has 0 fully saturated rings. The summed E-state index contributed by atoms with van der Waals surface area (Å²) in [6.45, 7) is 11.8. The lowest BCUT2D eigenvalue weighted by Gasteiger charge is -2.23. The van der Waals surface area contributed by atoms with E-state index in [-0.39, 0.29) is 17.0 Å². The van der Waals surface area contributed by atoms with E-state index in [2.05, 4.69) is 0 Å². The summed E-state index contributed by atoms with van der Waals surface area (Å²) in [5.74, 6) is -0.255. The molecule has 1 heterocycles. The summed E-state index contributed by atoms with van der Waals surface area (Å²) in [7, 11) is 1.43. The zero-order valence-electron chi connectivity index (χ0n) is 14.9. The largest absolute Gasteiger partial charge is 0.494 e. The van der Waals surface area contributed by atoms with Crippen molar-refractivity contribution < 1.29 is 9.13 Å². The Morgan fingerprint density at radius 2 is 1.65 bits per heavy atom. The van der Waals surface area contributed by atoms with Gasteiger partial charge in [-0.1, -0.05) is 0 Å². The summed E-state index contributed by atoms with van der Waals surface area (Å²) in [6.07, 6.45) is 1.80. The molecule has 0 aliphatic carbocycles. The summed E-state index contributed by atoms with van der Waals surface area (Å²) < 4.78 is 22.5. The monoisotopic (exact) mass is 320 g/mol. The Morgan fingerprint density at radius 3 is 2.09 bits per heavy atom. The fourth-order valence-electron chi connectivity index (χ4n) is 2.60. The van der Waals surface area contributed by atoms with Gasteiger partial charge in [-0.25, -0.2) is 9.18 Å². The maximum absolute atomic E-state index is 14.1. The van der Waals surface area contributed by atoms with Crippen molar-refractivity contribution >= 4 is 0 Å². The molecule has 0 aliphatic rings. The van der Waals surface area contributed by atoms with Crippen molar-refractivity contribution in [1.29, 1.82) is 0 Å². The second-order valence-electron chi connectivity index (χ2n) is 7.69. The fourth-order valence-corrected chi connectivity index (χ4v) is 2.60. The number of ether oxygens (including phenoxy) is 1. The molecular formula is C18H25FN2O2. The van der Waals surface area contributed by atoms with Gasteiger partial charge in [-0.15, -0.1) is 0 Å². The van der Waals surface area contributed by atoms with E-state index >= 15 is 0 Å². The lowest BCUT2D eigenvalue weighted by Crippen LogP contribution is -2.39. The number of hydrogen-bond donors (Lipinski definition) is 0. The number of aromatic nitrogens is 2. The lowest BCUT2D eigenvalue weighted by atomic mass is 10.1. The highest BCUT2D eigenvalue weighted by molar-refractivity contribution is 5.61. The Balaban J connectivity index is 2.76. The smallest absolute Gasteiger partial charge is 0.329 e. The predicted octanol–water partition coefficient (Wildman–Crippen LogP) is 3.97. The van der Waals surface area contributed by atoms with Gasteiger partial charge in [0, 0.05) is 22.8 Å². The van der Waals surface area contributed by atoms with Crippen molar-refractivity contribution in [3.8, 4) is 17.0 Å². The number of methoxy groups -OCH3 is 1. The molecule has 0 unspecified atom stereocenters. The van der Waals surface area contributed by atoms with Crippen LogP contribution in [-0.4, -0.2) is 16.2 Å². The summed E-state index contributed by atoms with van der Waals surface area (Å²) in [4.78, 5) is 12.9. The Bertz CT molecular complexity index is 774. The maximum Gasteiger partial charge on any atom is 0.329 e. The standard InChI is InChI=1S/C18H25FN2O2/c1-17(2,3)20-11-14(21(16(20)22)18(4,5)6)12-8-9-15(23-7)13(19)10-12/h8-11H,1-7H3. The van der Waals surface area contributed by atoms with Crippen LogP contribution in [0.2, 0.25) is 0 Å². The van der Waals surface area contributed by atoms with Gasteiger partial charge in [0.05, 0.1) is 12.8 Å². The van der Waals surface area contributed by atoms with Crippen molar-refractivity contribution in [3.05, 3.63) is 40.7 Å². The van der Waals surface area contributed by atoms with Gasteiger partial charge in [0.15, 0.2) is 11.6 Å². The van der Waals surface area contributed by atoms with Crippen molar-refractivity contribution in [3.63, 3.8) is 0 Å². The van der Waals surface area contributed by atoms with Crippen LogP contribution in [0.3, 0.4) is 0 Å². The zero-order chi connectivity index (χ0) is 17.6. The van der Waals surface area contributed by atoms with Gasteiger partial charge < -0.3 is 4.74 Å². The molecule has 0 atom stereocenters. The summed E-state index contributed by atoms with van der Waals surface area (Å²) in [6, 6.07) is 4.76. The minimum Gasteiger partial charge on any atom is -0.494 e. The average molecular weight is 320 g/mol. The van der Waals surface area contributed by atoms with E-state index in [0.717, 1.165) is 0 Å². The highest BCUT2D eigenvalue weighted by Crippen LogP contribution is 2.29. The quantitative estimate of drug-likeness (QED) is 0.839. The molecule has 0 saturated carbocycles. The molecule has 0 aliphatic heterocycles. The molecule has 4 nitrogen and oxygen atoms in total. The van der Waals surface area contributed by atoms with Gasteiger partial charge in [0.2, 0.25) is 0 Å². The molecule has 0 amide bonds. The molecule has 2 aromatic rings. The molecule has 23 heavy (non-hydrogen) atoms. The lowest BCUT2D eigenvalue weighted by molar-refractivity contribution is 0.343. The molecule has 0 saturated heterocycles. The number of imidazole rings is 1. The SMILES string of the molecule is COc1ccc(-c2cn(C(C)(C)C)c(=O)n2C(C)(C)C)cc1F. The molecule has 126 valence electrons. The predicted molar refractivity (Wildman–Crippen MR) is 90.6 cm³/mol. The third-order valence-electron chi connectivity index (χ3n) is 3.73. The first-order chi connectivity index (χ1) is 10.5. The zero-order valence-corrected chi connectivity index (χ0v) is 14.9. The number of hydrogen-bond acceptors (Lipinski definition) is 2. The van der Waals surface area contributed by atoms with Crippen LogP contribution in [0.4, 0.5) is 4.39 Å². The van der Waals surface area contributed by atoms with Crippen molar-refractivity contribution in [2.45, 2.75) is 52.6 Å². The second-order valence-corrected chi connectivity index (χ2v) is 7.69. The molecule has 1 aromatic heterocycles. The third kappa shape index (κ3) is 3.19. The normalized spacial score (nSPS) is 12.5. The molecule has 0 N–H and O–H groups in total. The van der Waals surface area contributed by atoms with E-state index < -0.39 is 11.4 Å². The summed E-state index contributed by atoms with van der Waals surface area (Å²) in [5.41, 5.74) is 0.473. The maximum atomic E-state index is 14.1. The van der Waals surface area contributed by atoms with Crippen LogP contribution in [0.25, 0.3) is 11.3 Å². The van der Waals surface area contributed by atoms with Gasteiger partial charge in [-0.05, 0) is 59.7 Å². The van der Waals surface area contributed by atoms with E-state index in [0.29, 0.717) is 11.3 Å². The molecule has 5 heteroatoms. The van der Waals surface area contributed by atoms with Crippen molar-refractivity contribution in [1.82, 2.24) is 9.13 Å². The van der Waals surface area contributed by atoms with Crippen molar-refractivity contribution in [2.24, 2.45) is 0 Å². The van der Waals surface area contributed by atoms with Crippen LogP contribution < -0.4 is 10.4 Å². The van der Waals surface area contributed by atoms with Crippen LogP contribution >= 0.6 is 0 Å². The first kappa shape index (κ1) is 17.3. The molecule has 0 bridgehead atoms. The number of halogens is 1. The fraction of sp³-hybridized carbons (Fsp3) is 0.500. The van der Waals surface area contributed by atoms with E-state index in [4.69, 9.17) is 4.74 Å². The average Bonchev–Trinajstić information content (AvgIpc) is 2.76. The van der Waals surface area contributed by atoms with Crippen LogP contribution in [-0.2, 0) is 11.1 Å². The second kappa shape index (κ2) is 5.55. The van der Waals surface area contributed by atoms with Crippen LogP contribution in [0, 0.1) is 5.82 Å². The third-order valence-corrected chi connectivity index (χ3v) is 3.73. The van der Waals surface area contributed by atoms with Crippen LogP contribution in [0.5, 0.6) is 5.75 Å². The van der Waals surface area contributed by atoms with Gasteiger partial charge in [-0.3, -0.25) is 9.13 Å². The number of nitrogens with zero attached hydrogens (tertiary/aromatic N) is 2. The minimum atomic E-state index is -0.443.